The van der Waals surface area contributed by atoms with Crippen molar-refractivity contribution < 1.29 is 33.3 Å². The fraction of sp³-hybridized carbons (Fsp3) is 0.295. The summed E-state index contributed by atoms with van der Waals surface area (Å²) < 4.78 is 24.2. The third-order valence-electron chi connectivity index (χ3n) is 10.7. The van der Waals surface area contributed by atoms with E-state index >= 15 is 0 Å². The van der Waals surface area contributed by atoms with Crippen LogP contribution in [-0.2, 0) is 23.7 Å². The van der Waals surface area contributed by atoms with Crippen molar-refractivity contribution in [3.63, 3.8) is 0 Å². The second-order valence-corrected chi connectivity index (χ2v) is 14.1. The van der Waals surface area contributed by atoms with Crippen LogP contribution < -0.4 is 16.7 Å². The smallest absolute Gasteiger partial charge is 0.449 e. The Hall–Kier alpha value is -6.27. The molecule has 56 heavy (non-hydrogen) atoms. The molecule has 2 aliphatic carbocycles. The van der Waals surface area contributed by atoms with Crippen LogP contribution in [0.1, 0.15) is 72.4 Å². The molecule has 0 saturated carbocycles. The number of nitrogens with two attached hydrogens (primary N) is 1. The summed E-state index contributed by atoms with van der Waals surface area (Å²) in [7, 11) is 0. The van der Waals surface area contributed by atoms with E-state index in [1.54, 1.807) is 6.07 Å². The van der Waals surface area contributed by atoms with Crippen LogP contribution in [0, 0.1) is 0 Å². The van der Waals surface area contributed by atoms with Gasteiger partial charge in [0.15, 0.2) is 0 Å². The van der Waals surface area contributed by atoms with Gasteiger partial charge in [0.1, 0.15) is 31.3 Å². The fourth-order valence-electron chi connectivity index (χ4n) is 8.00. The fourth-order valence-corrected chi connectivity index (χ4v) is 8.00. The van der Waals surface area contributed by atoms with Gasteiger partial charge < -0.3 is 30.0 Å². The number of alkyl carbamates (subject to hydrolysis) is 1. The van der Waals surface area contributed by atoms with Gasteiger partial charge in [0.05, 0.1) is 0 Å². The molecule has 286 valence electrons. The Balaban J connectivity index is 0.919. The SMILES string of the molecule is Nc1ccn([C@H]2CCCO2)c(=NCCCCC(NC(=O)OCC2c3ccccc3-c3ccccc32)C(=O)OC(=O)OCC2c3ccccc3-c3ccccc32)n1. The van der Waals surface area contributed by atoms with Gasteiger partial charge in [-0.3, -0.25) is 9.56 Å². The number of amides is 1. The number of anilines is 1. The summed E-state index contributed by atoms with van der Waals surface area (Å²) in [6.07, 6.45) is 2.70. The van der Waals surface area contributed by atoms with Crippen LogP contribution in [0.15, 0.2) is 114 Å². The molecule has 2 atom stereocenters. The number of hydrogen-bond donors (Lipinski definition) is 2. The highest BCUT2D eigenvalue weighted by Crippen LogP contribution is 2.45. The quantitative estimate of drug-likeness (QED) is 0.0762. The van der Waals surface area contributed by atoms with E-state index in [1.807, 2.05) is 95.7 Å². The van der Waals surface area contributed by atoms with Gasteiger partial charge in [0.2, 0.25) is 5.62 Å². The van der Waals surface area contributed by atoms with Crippen molar-refractivity contribution in [3.05, 3.63) is 137 Å². The number of carbonyl (C=O) groups is 3. The van der Waals surface area contributed by atoms with Crippen molar-refractivity contribution in [3.8, 4) is 22.3 Å². The Morgan fingerprint density at radius 2 is 1.34 bits per heavy atom. The first kappa shape index (κ1) is 36.7. The van der Waals surface area contributed by atoms with Crippen LogP contribution in [-0.4, -0.2) is 60.2 Å². The van der Waals surface area contributed by atoms with E-state index in [0.29, 0.717) is 37.4 Å². The number of carbonyl (C=O) groups excluding carboxylic acids is 3. The molecule has 1 aliphatic heterocycles. The van der Waals surface area contributed by atoms with E-state index in [0.717, 1.165) is 57.3 Å². The van der Waals surface area contributed by atoms with Crippen LogP contribution in [0.3, 0.4) is 0 Å². The van der Waals surface area contributed by atoms with Crippen molar-refractivity contribution in [2.45, 2.75) is 56.2 Å². The topological polar surface area (TPSA) is 156 Å². The van der Waals surface area contributed by atoms with E-state index in [9.17, 15) is 14.4 Å². The number of benzene rings is 4. The molecule has 12 heteroatoms. The second kappa shape index (κ2) is 16.6. The van der Waals surface area contributed by atoms with Crippen molar-refractivity contribution in [2.24, 2.45) is 4.99 Å². The maximum atomic E-state index is 13.5. The van der Waals surface area contributed by atoms with Crippen LogP contribution in [0.25, 0.3) is 22.3 Å². The number of hydrogen-bond acceptors (Lipinski definition) is 10. The van der Waals surface area contributed by atoms with Gasteiger partial charge in [-0.2, -0.15) is 4.98 Å². The summed E-state index contributed by atoms with van der Waals surface area (Å²) in [5.41, 5.74) is 15.0. The van der Waals surface area contributed by atoms with E-state index in [1.165, 1.54) is 0 Å². The third-order valence-corrected chi connectivity index (χ3v) is 10.7. The highest BCUT2D eigenvalue weighted by Gasteiger charge is 2.32. The molecule has 5 aromatic rings. The van der Waals surface area contributed by atoms with Crippen LogP contribution in [0.2, 0.25) is 0 Å². The van der Waals surface area contributed by atoms with Gasteiger partial charge in [-0.05, 0) is 82.7 Å². The summed E-state index contributed by atoms with van der Waals surface area (Å²) in [5.74, 6) is -0.973. The summed E-state index contributed by atoms with van der Waals surface area (Å²) in [6.45, 7) is 1.09. The van der Waals surface area contributed by atoms with Crippen molar-refractivity contribution >= 4 is 24.0 Å². The van der Waals surface area contributed by atoms with E-state index in [4.69, 9.17) is 24.7 Å². The zero-order valence-electron chi connectivity index (χ0n) is 30.8. The number of nitrogens with one attached hydrogen (secondary N) is 1. The van der Waals surface area contributed by atoms with Crippen molar-refractivity contribution in [1.29, 1.82) is 0 Å². The molecular weight excluding hydrogens is 711 g/mol. The average molecular weight is 754 g/mol. The number of nitrogens with zero attached hydrogens (tertiary/aromatic N) is 3. The first-order valence-corrected chi connectivity index (χ1v) is 19.1. The Morgan fingerprint density at radius 1 is 0.786 bits per heavy atom. The first-order valence-electron chi connectivity index (χ1n) is 19.1. The van der Waals surface area contributed by atoms with Gasteiger partial charge in [0.25, 0.3) is 0 Å². The monoisotopic (exact) mass is 753 g/mol. The highest BCUT2D eigenvalue weighted by molar-refractivity contribution is 5.88. The largest absolute Gasteiger partial charge is 0.516 e. The minimum atomic E-state index is -1.19. The van der Waals surface area contributed by atoms with E-state index < -0.39 is 24.3 Å². The number of ether oxygens (including phenoxy) is 4. The molecule has 2 heterocycles. The van der Waals surface area contributed by atoms with Crippen molar-refractivity contribution in [1.82, 2.24) is 14.9 Å². The Morgan fingerprint density at radius 3 is 1.89 bits per heavy atom. The molecular formula is C44H43N5O7. The molecule has 0 bridgehead atoms. The van der Waals surface area contributed by atoms with Gasteiger partial charge in [-0.15, -0.1) is 0 Å². The number of esters is 1. The predicted octanol–water partition coefficient (Wildman–Crippen LogP) is 7.24. The minimum Gasteiger partial charge on any atom is -0.449 e. The lowest BCUT2D eigenvalue weighted by Gasteiger charge is -2.19. The van der Waals surface area contributed by atoms with Crippen molar-refractivity contribution in [2.75, 3.05) is 32.1 Å². The number of rotatable bonds is 12. The Bertz CT molecular complexity index is 2230. The van der Waals surface area contributed by atoms with Gasteiger partial charge in [-0.25, -0.2) is 14.4 Å². The second-order valence-electron chi connectivity index (χ2n) is 14.1. The molecule has 3 aliphatic rings. The molecule has 4 aromatic carbocycles. The molecule has 1 amide bonds. The molecule has 3 N–H and O–H groups in total. The molecule has 1 fully saturated rings. The lowest BCUT2D eigenvalue weighted by atomic mass is 9.98. The molecule has 1 unspecified atom stereocenters. The third kappa shape index (κ3) is 7.78. The lowest BCUT2D eigenvalue weighted by molar-refractivity contribution is -0.142. The maximum absolute atomic E-state index is 13.5. The standard InChI is InChI=1S/C44H43N5O7/c45-39-22-24-49(40-21-11-25-53-40)42(48-39)46-23-10-9-20-38(47-43(51)54-26-36-32-16-5-1-12-28(32)29-13-2-6-17-33(29)36)41(50)56-44(52)55-27-37-34-18-7-3-14-30(34)31-15-4-8-19-35(31)37/h1-8,12-19,22,24,36-38,40H,9-11,20-21,23,25-27H2,(H,47,51)(H2,45,46,48)/t38?,40-/m1/s1. The van der Waals surface area contributed by atoms with E-state index in [-0.39, 0.29) is 37.7 Å². The summed E-state index contributed by atoms with van der Waals surface area (Å²) in [4.78, 5) is 48.9. The summed E-state index contributed by atoms with van der Waals surface area (Å²) in [6, 6.07) is 32.5. The van der Waals surface area contributed by atoms with Gasteiger partial charge in [0, 0.05) is 31.2 Å². The zero-order chi connectivity index (χ0) is 38.4. The molecule has 1 saturated heterocycles. The lowest BCUT2D eigenvalue weighted by Crippen LogP contribution is -2.43. The van der Waals surface area contributed by atoms with E-state index in [2.05, 4.69) is 27.4 Å². The molecule has 0 radical (unpaired) electrons. The number of aromatic nitrogens is 2. The van der Waals surface area contributed by atoms with Crippen LogP contribution in [0.4, 0.5) is 15.4 Å². The Labute approximate surface area is 324 Å². The van der Waals surface area contributed by atoms with Crippen LogP contribution >= 0.6 is 0 Å². The minimum absolute atomic E-state index is 0.0178. The zero-order valence-corrected chi connectivity index (χ0v) is 30.8. The number of fused-ring (bicyclic) bond motifs is 6. The first-order chi connectivity index (χ1) is 27.4. The normalized spacial score (nSPS) is 16.4. The molecule has 1 aromatic heterocycles. The summed E-state index contributed by atoms with van der Waals surface area (Å²) >= 11 is 0. The Kier molecular flexibility index (Phi) is 10.9. The molecule has 0 spiro atoms. The highest BCUT2D eigenvalue weighted by atomic mass is 16.7. The van der Waals surface area contributed by atoms with Gasteiger partial charge >= 0.3 is 18.2 Å². The van der Waals surface area contributed by atoms with Gasteiger partial charge in [-0.1, -0.05) is 97.1 Å². The number of unbranched alkanes of at least 4 members (excludes halogenated alkanes) is 1. The summed E-state index contributed by atoms with van der Waals surface area (Å²) in [5, 5.41) is 2.66. The van der Waals surface area contributed by atoms with Crippen LogP contribution in [0.5, 0.6) is 0 Å². The average Bonchev–Trinajstić information content (AvgIpc) is 3.95. The molecule has 12 nitrogen and oxygen atoms in total. The maximum Gasteiger partial charge on any atom is 0.516 e. The predicted molar refractivity (Wildman–Crippen MR) is 208 cm³/mol. The number of nitrogen functional groups attached to an aromatic ring is 1. The molecule has 8 rings (SSSR count).